The van der Waals surface area contributed by atoms with Gasteiger partial charge in [0.05, 0.1) is 17.8 Å². The van der Waals surface area contributed by atoms with Crippen LogP contribution >= 0.6 is 0 Å². The summed E-state index contributed by atoms with van der Waals surface area (Å²) < 4.78 is 6.25. The van der Waals surface area contributed by atoms with Gasteiger partial charge in [0.2, 0.25) is 0 Å². The van der Waals surface area contributed by atoms with Crippen LogP contribution < -0.4 is 4.74 Å². The molecule has 3 unspecified atom stereocenters. The van der Waals surface area contributed by atoms with Gasteiger partial charge in [-0.05, 0) is 87.1 Å². The number of ether oxygens (including phenoxy) is 1. The summed E-state index contributed by atoms with van der Waals surface area (Å²) in [5.41, 5.74) is 0.164. The van der Waals surface area contributed by atoms with Gasteiger partial charge in [-0.1, -0.05) is 13.8 Å². The fraction of sp³-hybridized carbons (Fsp3) is 0.636. The van der Waals surface area contributed by atoms with E-state index in [1.165, 1.54) is 0 Å². The average Bonchev–Trinajstić information content (AvgIpc) is 2.53. The minimum Gasteiger partial charge on any atom is -0.507 e. The Morgan fingerprint density at radius 1 is 1.19 bits per heavy atom. The lowest BCUT2D eigenvalue weighted by atomic mass is 9.59. The SMILES string of the molecule is Cc1cc(O)c2c(c1)OC(C)(CCC1C(C)(C)CCCC1(O)CO)C=C2. The minimum absolute atomic E-state index is 0.0166. The second-order valence-corrected chi connectivity index (χ2v) is 9.14. The van der Waals surface area contributed by atoms with Gasteiger partial charge in [0.1, 0.15) is 17.1 Å². The first kappa shape index (κ1) is 19.2. The van der Waals surface area contributed by atoms with E-state index in [4.69, 9.17) is 4.74 Å². The fourth-order valence-electron chi connectivity index (χ4n) is 4.88. The van der Waals surface area contributed by atoms with Crippen LogP contribution in [0.25, 0.3) is 6.08 Å². The number of phenols is 1. The summed E-state index contributed by atoms with van der Waals surface area (Å²) in [7, 11) is 0. The molecule has 0 saturated heterocycles. The maximum atomic E-state index is 11.0. The van der Waals surface area contributed by atoms with Crippen molar-refractivity contribution in [3.63, 3.8) is 0 Å². The van der Waals surface area contributed by atoms with Crippen LogP contribution in [-0.4, -0.2) is 33.1 Å². The molecule has 0 radical (unpaired) electrons. The standard InChI is InChI=1S/C22H32O4/c1-15-12-17(24)16-6-10-21(4,26-18(16)13-15)11-7-19-20(2,3)8-5-9-22(19,25)14-23/h6,10,12-13,19,23-25H,5,7-9,11,14H2,1-4H3. The van der Waals surface area contributed by atoms with Crippen molar-refractivity contribution in [3.8, 4) is 11.5 Å². The van der Waals surface area contributed by atoms with Gasteiger partial charge >= 0.3 is 0 Å². The van der Waals surface area contributed by atoms with Crippen LogP contribution in [0.2, 0.25) is 0 Å². The molecule has 0 spiro atoms. The summed E-state index contributed by atoms with van der Waals surface area (Å²) in [6.07, 6.45) is 8.10. The zero-order valence-electron chi connectivity index (χ0n) is 16.4. The Bertz CT molecular complexity index is 708. The van der Waals surface area contributed by atoms with Crippen LogP contribution in [0.15, 0.2) is 18.2 Å². The van der Waals surface area contributed by atoms with E-state index in [1.807, 2.05) is 32.1 Å². The van der Waals surface area contributed by atoms with Crippen molar-refractivity contribution in [1.29, 1.82) is 0 Å². The zero-order chi connectivity index (χ0) is 19.2. The van der Waals surface area contributed by atoms with Gasteiger partial charge in [-0.2, -0.15) is 0 Å². The highest BCUT2D eigenvalue weighted by Crippen LogP contribution is 2.49. The maximum Gasteiger partial charge on any atom is 0.131 e. The third kappa shape index (κ3) is 3.49. The lowest BCUT2D eigenvalue weighted by Gasteiger charge is -2.49. The van der Waals surface area contributed by atoms with Crippen LogP contribution in [0.3, 0.4) is 0 Å². The summed E-state index contributed by atoms with van der Waals surface area (Å²) in [4.78, 5) is 0. The van der Waals surface area contributed by atoms with Crippen molar-refractivity contribution in [2.24, 2.45) is 11.3 Å². The Morgan fingerprint density at radius 3 is 2.62 bits per heavy atom. The molecule has 1 aliphatic carbocycles. The Balaban J connectivity index is 1.79. The molecule has 4 heteroatoms. The summed E-state index contributed by atoms with van der Waals surface area (Å²) in [5.74, 6) is 0.962. The number of aliphatic hydroxyl groups is 2. The number of aliphatic hydroxyl groups excluding tert-OH is 1. The lowest BCUT2D eigenvalue weighted by molar-refractivity contribution is -0.135. The number of fused-ring (bicyclic) bond motifs is 1. The molecule has 3 N–H and O–H groups in total. The largest absolute Gasteiger partial charge is 0.507 e. The monoisotopic (exact) mass is 360 g/mol. The maximum absolute atomic E-state index is 11.0. The first-order valence-electron chi connectivity index (χ1n) is 9.64. The van der Waals surface area contributed by atoms with Crippen molar-refractivity contribution in [3.05, 3.63) is 29.3 Å². The number of phenolic OH excluding ortho intramolecular Hbond substituents is 1. The summed E-state index contributed by atoms with van der Waals surface area (Å²) >= 11 is 0. The molecule has 1 aromatic carbocycles. The number of aryl methyl sites for hydroxylation is 1. The molecule has 3 atom stereocenters. The molecule has 0 bridgehead atoms. The average molecular weight is 360 g/mol. The Kier molecular flexibility index (Phi) is 4.87. The first-order valence-corrected chi connectivity index (χ1v) is 9.64. The number of hydrogen-bond donors (Lipinski definition) is 3. The molecule has 144 valence electrons. The highest BCUT2D eigenvalue weighted by Gasteiger charge is 2.48. The van der Waals surface area contributed by atoms with Crippen LogP contribution in [0.4, 0.5) is 0 Å². The predicted molar refractivity (Wildman–Crippen MR) is 103 cm³/mol. The van der Waals surface area contributed by atoms with E-state index in [1.54, 1.807) is 6.07 Å². The van der Waals surface area contributed by atoms with Crippen LogP contribution in [0.5, 0.6) is 11.5 Å². The van der Waals surface area contributed by atoms with Crippen LogP contribution in [0, 0.1) is 18.3 Å². The summed E-state index contributed by atoms with van der Waals surface area (Å²) in [6, 6.07) is 3.69. The second-order valence-electron chi connectivity index (χ2n) is 9.14. The molecule has 0 aromatic heterocycles. The van der Waals surface area contributed by atoms with Gasteiger partial charge in [0.15, 0.2) is 0 Å². The molecule has 1 fully saturated rings. The van der Waals surface area contributed by atoms with Gasteiger partial charge in [0.25, 0.3) is 0 Å². The van der Waals surface area contributed by atoms with E-state index in [9.17, 15) is 15.3 Å². The van der Waals surface area contributed by atoms with E-state index in [0.29, 0.717) is 12.2 Å². The zero-order valence-corrected chi connectivity index (χ0v) is 16.4. The van der Waals surface area contributed by atoms with Gasteiger partial charge in [-0.3, -0.25) is 0 Å². The normalized spacial score (nSPS) is 32.8. The van der Waals surface area contributed by atoms with E-state index in [-0.39, 0.29) is 23.7 Å². The Labute approximate surface area is 156 Å². The quantitative estimate of drug-likeness (QED) is 0.753. The molecule has 1 heterocycles. The highest BCUT2D eigenvalue weighted by molar-refractivity contribution is 5.67. The predicted octanol–water partition coefficient (Wildman–Crippen LogP) is 4.19. The smallest absolute Gasteiger partial charge is 0.131 e. The molecule has 4 nitrogen and oxygen atoms in total. The second kappa shape index (κ2) is 6.58. The van der Waals surface area contributed by atoms with Crippen molar-refractivity contribution >= 4 is 6.08 Å². The number of rotatable bonds is 4. The fourth-order valence-corrected chi connectivity index (χ4v) is 4.88. The topological polar surface area (TPSA) is 69.9 Å². The lowest BCUT2D eigenvalue weighted by Crippen LogP contribution is -2.52. The van der Waals surface area contributed by atoms with Crippen LogP contribution in [0.1, 0.15) is 64.0 Å². The van der Waals surface area contributed by atoms with Gasteiger partial charge in [-0.15, -0.1) is 0 Å². The Hall–Kier alpha value is -1.52. The van der Waals surface area contributed by atoms with E-state index < -0.39 is 11.2 Å². The molecular formula is C22H32O4. The van der Waals surface area contributed by atoms with Crippen molar-refractivity contribution in [2.45, 2.75) is 71.0 Å². The van der Waals surface area contributed by atoms with Crippen molar-refractivity contribution in [2.75, 3.05) is 6.61 Å². The number of benzene rings is 1. The van der Waals surface area contributed by atoms with E-state index in [2.05, 4.69) is 13.8 Å². The van der Waals surface area contributed by atoms with Gasteiger partial charge < -0.3 is 20.1 Å². The summed E-state index contributed by atoms with van der Waals surface area (Å²) in [5, 5.41) is 30.9. The molecular weight excluding hydrogens is 328 g/mol. The first-order chi connectivity index (χ1) is 12.1. The van der Waals surface area contributed by atoms with Gasteiger partial charge in [0, 0.05) is 0 Å². The van der Waals surface area contributed by atoms with Crippen molar-refractivity contribution in [1.82, 2.24) is 0 Å². The van der Waals surface area contributed by atoms with Crippen molar-refractivity contribution < 1.29 is 20.1 Å². The third-order valence-corrected chi connectivity index (χ3v) is 6.44. The molecule has 2 aliphatic rings. The molecule has 1 aromatic rings. The summed E-state index contributed by atoms with van der Waals surface area (Å²) in [6.45, 7) is 8.16. The third-order valence-electron chi connectivity index (χ3n) is 6.44. The molecule has 26 heavy (non-hydrogen) atoms. The Morgan fingerprint density at radius 2 is 1.92 bits per heavy atom. The van der Waals surface area contributed by atoms with E-state index in [0.717, 1.165) is 36.8 Å². The molecule has 1 saturated carbocycles. The number of aromatic hydroxyl groups is 1. The van der Waals surface area contributed by atoms with E-state index >= 15 is 0 Å². The minimum atomic E-state index is -1.01. The number of hydrogen-bond acceptors (Lipinski definition) is 4. The van der Waals surface area contributed by atoms with Gasteiger partial charge in [-0.25, -0.2) is 0 Å². The van der Waals surface area contributed by atoms with Crippen LogP contribution in [-0.2, 0) is 0 Å². The molecule has 1 aliphatic heterocycles. The molecule has 3 rings (SSSR count). The molecule has 0 amide bonds. The highest BCUT2D eigenvalue weighted by atomic mass is 16.5.